The van der Waals surface area contributed by atoms with E-state index in [9.17, 15) is 9.90 Å². The van der Waals surface area contributed by atoms with E-state index in [-0.39, 0.29) is 0 Å². The van der Waals surface area contributed by atoms with Crippen LogP contribution in [0.15, 0.2) is 54.6 Å². The van der Waals surface area contributed by atoms with Crippen LogP contribution in [0.2, 0.25) is 0 Å². The molecule has 0 saturated heterocycles. The Kier molecular flexibility index (Phi) is 6.60. The van der Waals surface area contributed by atoms with Crippen LogP contribution in [0.1, 0.15) is 78.9 Å². The fourth-order valence-corrected chi connectivity index (χ4v) is 4.25. The van der Waals surface area contributed by atoms with E-state index in [0.29, 0.717) is 18.0 Å². The topological polar surface area (TPSA) is 68.0 Å². The van der Waals surface area contributed by atoms with Crippen LogP contribution in [0, 0.1) is 0 Å². The van der Waals surface area contributed by atoms with E-state index in [2.05, 4.69) is 19.1 Å². The van der Waals surface area contributed by atoms with Crippen molar-refractivity contribution in [1.29, 1.82) is 0 Å². The molecule has 0 atom stereocenters. The molecule has 1 aromatic heterocycles. The monoisotopic (exact) mass is 415 g/mol. The summed E-state index contributed by atoms with van der Waals surface area (Å²) >= 11 is 0. The Morgan fingerprint density at radius 3 is 2.55 bits per heavy atom. The molecule has 1 aliphatic rings. The van der Waals surface area contributed by atoms with Crippen molar-refractivity contribution in [3.05, 3.63) is 77.4 Å². The molecule has 0 bridgehead atoms. The zero-order valence-electron chi connectivity index (χ0n) is 18.0. The second-order valence-electron chi connectivity index (χ2n) is 8.18. The molecule has 3 aromatic rings. The van der Waals surface area contributed by atoms with Gasteiger partial charge in [-0.1, -0.05) is 74.7 Å². The number of carboxylic acid groups (broad SMARTS) is 1. The van der Waals surface area contributed by atoms with E-state index in [1.807, 2.05) is 41.1 Å². The third-order valence-corrected chi connectivity index (χ3v) is 5.94. The Bertz CT molecular complexity index is 1060. The summed E-state index contributed by atoms with van der Waals surface area (Å²) in [4.78, 5) is 16.4. The van der Waals surface area contributed by atoms with Crippen molar-refractivity contribution >= 4 is 12.0 Å². The molecule has 0 radical (unpaired) electrons. The highest BCUT2D eigenvalue weighted by Crippen LogP contribution is 2.31. The van der Waals surface area contributed by atoms with Crippen molar-refractivity contribution in [1.82, 2.24) is 14.8 Å². The Labute approximate surface area is 183 Å². The molecule has 2 aromatic carbocycles. The Balaban J connectivity index is 1.58. The Hall–Kier alpha value is -3.21. The molecule has 0 amide bonds. The molecule has 1 aliphatic carbocycles. The number of aromatic carboxylic acids is 1. The molecule has 4 rings (SSSR count). The quantitative estimate of drug-likeness (QED) is 0.501. The standard InChI is InChI=1S/C26H29N3O2/c1-2-3-13-24-27-25(21-9-5-4-6-10-21)28-29(24)18-19-14-16-20(17-15-19)22-11-7-8-12-23(22)26(30)31/h3,7-8,11-17,21H,2,4-6,9-10,18H2,1H3,(H,30,31)/b13-3+. The van der Waals surface area contributed by atoms with E-state index in [0.717, 1.165) is 34.8 Å². The second-order valence-corrected chi connectivity index (χ2v) is 8.18. The molecule has 1 saturated carbocycles. The summed E-state index contributed by atoms with van der Waals surface area (Å²) in [5.74, 6) is 1.44. The Morgan fingerprint density at radius 1 is 1.10 bits per heavy atom. The molecule has 1 fully saturated rings. The number of hydrogen-bond donors (Lipinski definition) is 1. The molecular weight excluding hydrogens is 386 g/mol. The van der Waals surface area contributed by atoms with Crippen molar-refractivity contribution in [2.24, 2.45) is 0 Å². The first-order chi connectivity index (χ1) is 15.2. The number of rotatable bonds is 7. The lowest BCUT2D eigenvalue weighted by molar-refractivity contribution is 0.0697. The van der Waals surface area contributed by atoms with E-state index in [4.69, 9.17) is 10.1 Å². The van der Waals surface area contributed by atoms with Gasteiger partial charge >= 0.3 is 5.97 Å². The van der Waals surface area contributed by atoms with Gasteiger partial charge in [0.25, 0.3) is 0 Å². The van der Waals surface area contributed by atoms with Gasteiger partial charge in [-0.05, 0) is 48.1 Å². The van der Waals surface area contributed by atoms with E-state index in [1.54, 1.807) is 12.1 Å². The first-order valence-corrected chi connectivity index (χ1v) is 11.2. The SMILES string of the molecule is CC/C=C/c1nc(C2CCCCC2)nn1Cc1ccc(-c2ccccc2C(=O)O)cc1. The third kappa shape index (κ3) is 4.93. The average molecular weight is 416 g/mol. The van der Waals surface area contributed by atoms with Crippen LogP contribution < -0.4 is 0 Å². The predicted octanol–water partition coefficient (Wildman–Crippen LogP) is 6.16. The molecule has 1 N–H and O–H groups in total. The summed E-state index contributed by atoms with van der Waals surface area (Å²) in [6.07, 6.45) is 11.4. The minimum Gasteiger partial charge on any atom is -0.478 e. The van der Waals surface area contributed by atoms with Crippen molar-refractivity contribution in [3.8, 4) is 11.1 Å². The number of benzene rings is 2. The molecule has 160 valence electrons. The summed E-state index contributed by atoms with van der Waals surface area (Å²) in [5, 5.41) is 14.3. The van der Waals surface area contributed by atoms with Crippen molar-refractivity contribution in [3.63, 3.8) is 0 Å². The smallest absolute Gasteiger partial charge is 0.336 e. The number of aromatic nitrogens is 3. The molecule has 31 heavy (non-hydrogen) atoms. The molecule has 1 heterocycles. The van der Waals surface area contributed by atoms with Crippen LogP contribution in [0.3, 0.4) is 0 Å². The molecule has 0 aliphatic heterocycles. The van der Waals surface area contributed by atoms with Gasteiger partial charge in [-0.15, -0.1) is 0 Å². The van der Waals surface area contributed by atoms with Crippen LogP contribution in [0.25, 0.3) is 17.2 Å². The minimum atomic E-state index is -0.912. The highest BCUT2D eigenvalue weighted by molar-refractivity contribution is 5.95. The fraction of sp³-hybridized carbons (Fsp3) is 0.346. The predicted molar refractivity (Wildman–Crippen MR) is 123 cm³/mol. The van der Waals surface area contributed by atoms with Gasteiger partial charge in [0.1, 0.15) is 0 Å². The second kappa shape index (κ2) is 9.73. The summed E-state index contributed by atoms with van der Waals surface area (Å²) in [5.41, 5.74) is 3.06. The van der Waals surface area contributed by atoms with Crippen molar-refractivity contribution in [2.75, 3.05) is 0 Å². The van der Waals surface area contributed by atoms with Gasteiger partial charge < -0.3 is 5.11 Å². The van der Waals surface area contributed by atoms with E-state index >= 15 is 0 Å². The van der Waals surface area contributed by atoms with Gasteiger partial charge in [0, 0.05) is 5.92 Å². The van der Waals surface area contributed by atoms with E-state index < -0.39 is 5.97 Å². The number of allylic oxidation sites excluding steroid dienone is 1. The van der Waals surface area contributed by atoms with Gasteiger partial charge in [-0.25, -0.2) is 14.5 Å². The number of hydrogen-bond acceptors (Lipinski definition) is 3. The zero-order chi connectivity index (χ0) is 21.6. The lowest BCUT2D eigenvalue weighted by atomic mass is 9.89. The van der Waals surface area contributed by atoms with Gasteiger partial charge in [0.15, 0.2) is 11.6 Å². The maximum Gasteiger partial charge on any atom is 0.336 e. The average Bonchev–Trinajstić information content (AvgIpc) is 3.21. The third-order valence-electron chi connectivity index (χ3n) is 5.94. The van der Waals surface area contributed by atoms with Gasteiger partial charge in [0.2, 0.25) is 0 Å². The highest BCUT2D eigenvalue weighted by atomic mass is 16.4. The van der Waals surface area contributed by atoms with Crippen LogP contribution in [-0.2, 0) is 6.54 Å². The largest absolute Gasteiger partial charge is 0.478 e. The van der Waals surface area contributed by atoms with Gasteiger partial charge in [0.05, 0.1) is 12.1 Å². The number of nitrogens with zero attached hydrogens (tertiary/aromatic N) is 3. The first kappa shape index (κ1) is 21.0. The first-order valence-electron chi connectivity index (χ1n) is 11.2. The number of carbonyl (C=O) groups is 1. The minimum absolute atomic E-state index is 0.315. The lowest BCUT2D eigenvalue weighted by Gasteiger charge is -2.18. The van der Waals surface area contributed by atoms with E-state index in [1.165, 1.54) is 32.1 Å². The van der Waals surface area contributed by atoms with Gasteiger partial charge in [-0.3, -0.25) is 0 Å². The summed E-state index contributed by atoms with van der Waals surface area (Å²) in [6.45, 7) is 2.76. The maximum absolute atomic E-state index is 11.5. The molecule has 5 nitrogen and oxygen atoms in total. The maximum atomic E-state index is 11.5. The summed E-state index contributed by atoms with van der Waals surface area (Å²) < 4.78 is 2.00. The number of carboxylic acids is 1. The zero-order valence-corrected chi connectivity index (χ0v) is 18.0. The Morgan fingerprint density at radius 2 is 1.84 bits per heavy atom. The van der Waals surface area contributed by atoms with Crippen LogP contribution in [0.4, 0.5) is 0 Å². The van der Waals surface area contributed by atoms with Crippen LogP contribution >= 0.6 is 0 Å². The molecule has 0 spiro atoms. The summed E-state index contributed by atoms with van der Waals surface area (Å²) in [6, 6.07) is 15.2. The molecular formula is C26H29N3O2. The fourth-order valence-electron chi connectivity index (χ4n) is 4.25. The van der Waals surface area contributed by atoms with Crippen molar-refractivity contribution in [2.45, 2.75) is 57.9 Å². The normalized spacial score (nSPS) is 14.9. The van der Waals surface area contributed by atoms with Crippen LogP contribution in [0.5, 0.6) is 0 Å². The molecule has 5 heteroatoms. The molecule has 0 unspecified atom stereocenters. The van der Waals surface area contributed by atoms with Gasteiger partial charge in [-0.2, -0.15) is 5.10 Å². The summed E-state index contributed by atoms with van der Waals surface area (Å²) in [7, 11) is 0. The van der Waals surface area contributed by atoms with Crippen LogP contribution in [-0.4, -0.2) is 25.8 Å². The highest BCUT2D eigenvalue weighted by Gasteiger charge is 2.21. The lowest BCUT2D eigenvalue weighted by Crippen LogP contribution is -2.08. The van der Waals surface area contributed by atoms with Crippen molar-refractivity contribution < 1.29 is 9.90 Å².